The van der Waals surface area contributed by atoms with Crippen LogP contribution >= 0.6 is 22.6 Å². The van der Waals surface area contributed by atoms with Crippen molar-refractivity contribution in [2.24, 2.45) is 5.92 Å². The highest BCUT2D eigenvalue weighted by Gasteiger charge is 2.06. The predicted octanol–water partition coefficient (Wildman–Crippen LogP) is 3.00. The Balaban J connectivity index is 2.42. The van der Waals surface area contributed by atoms with E-state index in [-0.39, 0.29) is 5.97 Å². The molecule has 1 unspecified atom stereocenters. The maximum Gasteiger partial charge on any atom is 0.330 e. The first-order valence-corrected chi connectivity index (χ1v) is 5.68. The lowest BCUT2D eigenvalue weighted by Crippen LogP contribution is -2.01. The average molecular weight is 304 g/mol. The van der Waals surface area contributed by atoms with Crippen LogP contribution in [0.5, 0.6) is 0 Å². The van der Waals surface area contributed by atoms with Crippen molar-refractivity contribution in [2.75, 3.05) is 6.61 Å². The Morgan fingerprint density at radius 3 is 3.21 bits per heavy atom. The number of esters is 1. The Hall–Kier alpha value is -0.580. The summed E-state index contributed by atoms with van der Waals surface area (Å²) < 4.78 is 6.10. The van der Waals surface area contributed by atoms with E-state index in [0.717, 1.165) is 6.42 Å². The van der Waals surface area contributed by atoms with Gasteiger partial charge in [-0.1, -0.05) is 24.3 Å². The van der Waals surface area contributed by atoms with E-state index in [2.05, 4.69) is 34.7 Å². The first-order valence-electron chi connectivity index (χ1n) is 4.60. The first kappa shape index (κ1) is 11.5. The third kappa shape index (κ3) is 4.09. The number of ether oxygens (including phenoxy) is 1. The molecule has 14 heavy (non-hydrogen) atoms. The zero-order valence-corrected chi connectivity index (χ0v) is 10.2. The Bertz CT molecular complexity index is 290. The van der Waals surface area contributed by atoms with Gasteiger partial charge in [-0.3, -0.25) is 0 Å². The second kappa shape index (κ2) is 6.01. The van der Waals surface area contributed by atoms with Crippen LogP contribution in [0.4, 0.5) is 0 Å². The van der Waals surface area contributed by atoms with Crippen LogP contribution in [-0.4, -0.2) is 12.6 Å². The average Bonchev–Trinajstić information content (AvgIpc) is 2.15. The predicted molar refractivity (Wildman–Crippen MR) is 65.1 cm³/mol. The third-order valence-electron chi connectivity index (χ3n) is 1.83. The largest absolute Gasteiger partial charge is 0.463 e. The second-order valence-electron chi connectivity index (χ2n) is 2.98. The summed E-state index contributed by atoms with van der Waals surface area (Å²) in [5.74, 6) is 0.0711. The minimum Gasteiger partial charge on any atom is -0.463 e. The molecule has 0 heterocycles. The highest BCUT2D eigenvalue weighted by atomic mass is 127. The molecule has 0 amide bonds. The van der Waals surface area contributed by atoms with Crippen molar-refractivity contribution in [3.8, 4) is 0 Å². The monoisotopic (exact) mass is 304 g/mol. The standard InChI is InChI=1S/C11H13IO2/c1-2-14-11(13)7-6-9-4-3-5-10(12)8-9/h3-7,9H,2,8H2,1H3. The summed E-state index contributed by atoms with van der Waals surface area (Å²) in [6, 6.07) is 0. The molecule has 0 aromatic heterocycles. The number of hydrogen-bond acceptors (Lipinski definition) is 2. The van der Waals surface area contributed by atoms with Crippen LogP contribution < -0.4 is 0 Å². The van der Waals surface area contributed by atoms with Crippen molar-refractivity contribution in [1.82, 2.24) is 0 Å². The summed E-state index contributed by atoms with van der Waals surface area (Å²) in [7, 11) is 0. The van der Waals surface area contributed by atoms with Gasteiger partial charge in [-0.2, -0.15) is 0 Å². The Morgan fingerprint density at radius 1 is 1.79 bits per heavy atom. The van der Waals surface area contributed by atoms with Gasteiger partial charge in [0, 0.05) is 12.0 Å². The zero-order chi connectivity index (χ0) is 10.4. The van der Waals surface area contributed by atoms with Gasteiger partial charge < -0.3 is 4.74 Å². The summed E-state index contributed by atoms with van der Waals surface area (Å²) in [6.45, 7) is 2.24. The molecular formula is C11H13IO2. The van der Waals surface area contributed by atoms with Crippen molar-refractivity contribution in [2.45, 2.75) is 13.3 Å². The van der Waals surface area contributed by atoms with Crippen LogP contribution in [-0.2, 0) is 9.53 Å². The van der Waals surface area contributed by atoms with Crippen molar-refractivity contribution in [3.63, 3.8) is 0 Å². The molecule has 0 radical (unpaired) electrons. The SMILES string of the molecule is CCOC(=O)C=CC1C=CC=C(I)C1. The number of carbonyl (C=O) groups is 1. The third-order valence-corrected chi connectivity index (χ3v) is 2.63. The van der Waals surface area contributed by atoms with Gasteiger partial charge in [-0.05, 0) is 39.5 Å². The molecule has 3 heteroatoms. The van der Waals surface area contributed by atoms with Gasteiger partial charge >= 0.3 is 5.97 Å². The molecule has 0 fully saturated rings. The molecule has 1 aliphatic rings. The van der Waals surface area contributed by atoms with Gasteiger partial charge in [-0.25, -0.2) is 4.79 Å². The Labute approximate surface area is 97.9 Å². The number of rotatable bonds is 3. The quantitative estimate of drug-likeness (QED) is 0.455. The Morgan fingerprint density at radius 2 is 2.57 bits per heavy atom. The van der Waals surface area contributed by atoms with E-state index in [4.69, 9.17) is 4.74 Å². The minimum atomic E-state index is -0.259. The number of carbonyl (C=O) groups excluding carboxylic acids is 1. The van der Waals surface area contributed by atoms with Crippen LogP contribution in [0.15, 0.2) is 34.0 Å². The van der Waals surface area contributed by atoms with Crippen LogP contribution in [0.25, 0.3) is 0 Å². The summed E-state index contributed by atoms with van der Waals surface area (Å²) in [5.41, 5.74) is 0. The van der Waals surface area contributed by atoms with Crippen LogP contribution in [0.1, 0.15) is 13.3 Å². The van der Waals surface area contributed by atoms with Crippen molar-refractivity contribution < 1.29 is 9.53 Å². The summed E-state index contributed by atoms with van der Waals surface area (Å²) in [4.78, 5) is 11.0. The van der Waals surface area contributed by atoms with Crippen LogP contribution in [0.3, 0.4) is 0 Å². The van der Waals surface area contributed by atoms with Crippen molar-refractivity contribution >= 4 is 28.6 Å². The lowest BCUT2D eigenvalue weighted by Gasteiger charge is -2.10. The van der Waals surface area contributed by atoms with Gasteiger partial charge in [0.1, 0.15) is 0 Å². The molecule has 0 aromatic rings. The lowest BCUT2D eigenvalue weighted by molar-refractivity contribution is -0.137. The van der Waals surface area contributed by atoms with E-state index in [1.165, 1.54) is 9.66 Å². The molecule has 0 saturated carbocycles. The lowest BCUT2D eigenvalue weighted by atomic mass is 10.0. The highest BCUT2D eigenvalue weighted by molar-refractivity contribution is 14.1. The molecule has 0 spiro atoms. The fourth-order valence-electron chi connectivity index (χ4n) is 1.19. The van der Waals surface area contributed by atoms with E-state index in [0.29, 0.717) is 12.5 Å². The molecule has 1 atom stereocenters. The molecular weight excluding hydrogens is 291 g/mol. The molecule has 0 bridgehead atoms. The fourth-order valence-corrected chi connectivity index (χ4v) is 1.90. The van der Waals surface area contributed by atoms with Gasteiger partial charge in [0.2, 0.25) is 0 Å². The molecule has 0 aromatic carbocycles. The van der Waals surface area contributed by atoms with Crippen LogP contribution in [0.2, 0.25) is 0 Å². The second-order valence-corrected chi connectivity index (χ2v) is 4.36. The summed E-state index contributed by atoms with van der Waals surface area (Å²) >= 11 is 2.31. The Kier molecular flexibility index (Phi) is 4.93. The molecule has 0 aliphatic heterocycles. The molecule has 76 valence electrons. The smallest absolute Gasteiger partial charge is 0.330 e. The molecule has 0 N–H and O–H groups in total. The van der Waals surface area contributed by atoms with E-state index in [1.807, 2.05) is 12.2 Å². The maximum atomic E-state index is 11.0. The zero-order valence-electron chi connectivity index (χ0n) is 8.07. The molecule has 1 aliphatic carbocycles. The molecule has 1 rings (SSSR count). The van der Waals surface area contributed by atoms with E-state index >= 15 is 0 Å². The van der Waals surface area contributed by atoms with Crippen molar-refractivity contribution in [3.05, 3.63) is 34.0 Å². The number of hydrogen-bond donors (Lipinski definition) is 0. The first-order chi connectivity index (χ1) is 6.72. The van der Waals surface area contributed by atoms with E-state index in [1.54, 1.807) is 6.92 Å². The highest BCUT2D eigenvalue weighted by Crippen LogP contribution is 2.24. The normalized spacial score (nSPS) is 21.0. The number of allylic oxidation sites excluding steroid dienone is 5. The van der Waals surface area contributed by atoms with Crippen LogP contribution in [0, 0.1) is 5.92 Å². The maximum absolute atomic E-state index is 11.0. The van der Waals surface area contributed by atoms with Gasteiger partial charge in [0.05, 0.1) is 6.61 Å². The summed E-state index contributed by atoms with van der Waals surface area (Å²) in [6.07, 6.45) is 10.6. The van der Waals surface area contributed by atoms with Gasteiger partial charge in [-0.15, -0.1) is 0 Å². The van der Waals surface area contributed by atoms with E-state index in [9.17, 15) is 4.79 Å². The summed E-state index contributed by atoms with van der Waals surface area (Å²) in [5, 5.41) is 0. The van der Waals surface area contributed by atoms with Gasteiger partial charge in [0.15, 0.2) is 0 Å². The van der Waals surface area contributed by atoms with E-state index < -0.39 is 0 Å². The van der Waals surface area contributed by atoms with Gasteiger partial charge in [0.25, 0.3) is 0 Å². The van der Waals surface area contributed by atoms with Crippen molar-refractivity contribution in [1.29, 1.82) is 0 Å². The number of halogens is 1. The topological polar surface area (TPSA) is 26.3 Å². The minimum absolute atomic E-state index is 0.259. The fraction of sp³-hybridized carbons (Fsp3) is 0.364. The molecule has 2 nitrogen and oxygen atoms in total. The molecule has 0 saturated heterocycles.